The van der Waals surface area contributed by atoms with Crippen molar-refractivity contribution in [3.63, 3.8) is 0 Å². The van der Waals surface area contributed by atoms with Crippen LogP contribution in [0.15, 0.2) is 42.5 Å². The first-order chi connectivity index (χ1) is 10.0. The zero-order chi connectivity index (χ0) is 15.1. The Labute approximate surface area is 118 Å². The highest BCUT2D eigenvalue weighted by Crippen LogP contribution is 2.34. The second kappa shape index (κ2) is 4.41. The van der Waals surface area contributed by atoms with Crippen LogP contribution in [0.5, 0.6) is 5.75 Å². The predicted octanol–water partition coefficient (Wildman–Crippen LogP) is 2.10. The van der Waals surface area contributed by atoms with Crippen LogP contribution >= 0.6 is 0 Å². The number of nitro benzene ring substituents is 1. The fourth-order valence-corrected chi connectivity index (χ4v) is 2.29. The second-order valence-electron chi connectivity index (χ2n) is 4.42. The van der Waals surface area contributed by atoms with Gasteiger partial charge in [-0.05, 0) is 18.2 Å². The van der Waals surface area contributed by atoms with Gasteiger partial charge in [0.05, 0.1) is 16.2 Å². The van der Waals surface area contributed by atoms with Gasteiger partial charge in [0, 0.05) is 12.1 Å². The molecule has 0 fully saturated rings. The van der Waals surface area contributed by atoms with Crippen molar-refractivity contribution in [3.05, 3.63) is 63.7 Å². The van der Waals surface area contributed by atoms with Gasteiger partial charge in [-0.2, -0.15) is 0 Å². The van der Waals surface area contributed by atoms with E-state index in [1.54, 1.807) is 0 Å². The number of amides is 2. The number of aromatic hydroxyl groups is 1. The number of rotatable bonds is 2. The Hall–Kier alpha value is -3.22. The van der Waals surface area contributed by atoms with E-state index in [1.165, 1.54) is 42.5 Å². The maximum Gasteiger partial charge on any atom is 0.283 e. The summed E-state index contributed by atoms with van der Waals surface area (Å²) in [4.78, 5) is 35.8. The molecule has 0 bridgehead atoms. The quantitative estimate of drug-likeness (QED) is 0.517. The van der Waals surface area contributed by atoms with E-state index >= 15 is 0 Å². The number of fused-ring (bicyclic) bond motifs is 1. The highest BCUT2D eigenvalue weighted by molar-refractivity contribution is 6.35. The number of hydrogen-bond donors (Lipinski definition) is 1. The van der Waals surface area contributed by atoms with Crippen LogP contribution in [0.2, 0.25) is 0 Å². The van der Waals surface area contributed by atoms with Crippen LogP contribution in [0.1, 0.15) is 20.7 Å². The number of phenols is 1. The molecule has 1 aliphatic rings. The summed E-state index contributed by atoms with van der Waals surface area (Å²) in [6.45, 7) is 0. The van der Waals surface area contributed by atoms with Crippen molar-refractivity contribution in [3.8, 4) is 5.75 Å². The van der Waals surface area contributed by atoms with E-state index < -0.39 is 22.4 Å². The van der Waals surface area contributed by atoms with Crippen LogP contribution in [0.4, 0.5) is 11.4 Å². The molecule has 1 aliphatic heterocycles. The zero-order valence-corrected chi connectivity index (χ0v) is 10.5. The fraction of sp³-hybridized carbons (Fsp3) is 0. The Bertz CT molecular complexity index is 800. The lowest BCUT2D eigenvalue weighted by atomic mass is 10.1. The minimum Gasteiger partial charge on any atom is -0.508 e. The van der Waals surface area contributed by atoms with Crippen LogP contribution in [0, 0.1) is 10.1 Å². The third-order valence-corrected chi connectivity index (χ3v) is 3.18. The molecule has 0 atom stereocenters. The highest BCUT2D eigenvalue weighted by Gasteiger charge is 2.41. The molecule has 0 aromatic heterocycles. The number of benzene rings is 2. The molecular formula is C14H8N2O5. The molecule has 3 rings (SSSR count). The fourth-order valence-electron chi connectivity index (χ4n) is 2.29. The van der Waals surface area contributed by atoms with Gasteiger partial charge >= 0.3 is 0 Å². The Kier molecular flexibility index (Phi) is 2.69. The standard InChI is InChI=1S/C14H8N2O5/c17-9-4-1-3-8(7-9)15-13(18)10-5-2-6-11(16(20)21)12(10)14(15)19/h1-7,17H. The van der Waals surface area contributed by atoms with Crippen molar-refractivity contribution < 1.29 is 19.6 Å². The number of carbonyl (C=O) groups excluding carboxylic acids is 2. The first kappa shape index (κ1) is 12.8. The topological polar surface area (TPSA) is 101 Å². The van der Waals surface area contributed by atoms with Gasteiger partial charge in [-0.25, -0.2) is 4.90 Å². The van der Waals surface area contributed by atoms with Crippen molar-refractivity contribution in [2.24, 2.45) is 0 Å². The van der Waals surface area contributed by atoms with E-state index in [4.69, 9.17) is 0 Å². The van der Waals surface area contributed by atoms with E-state index in [0.717, 1.165) is 4.90 Å². The molecule has 2 amide bonds. The molecule has 0 spiro atoms. The summed E-state index contributed by atoms with van der Waals surface area (Å²) in [7, 11) is 0. The SMILES string of the molecule is O=C1c2cccc([N+](=O)[O-])c2C(=O)N1c1cccc(O)c1. The maximum atomic E-state index is 12.4. The van der Waals surface area contributed by atoms with Crippen LogP contribution < -0.4 is 4.90 Å². The lowest BCUT2D eigenvalue weighted by Crippen LogP contribution is -2.29. The average Bonchev–Trinajstić information content (AvgIpc) is 2.71. The number of phenolic OH excluding ortho intramolecular Hbond substituents is 1. The second-order valence-corrected chi connectivity index (χ2v) is 4.42. The lowest BCUT2D eigenvalue weighted by Gasteiger charge is -2.13. The summed E-state index contributed by atoms with van der Waals surface area (Å²) < 4.78 is 0. The summed E-state index contributed by atoms with van der Waals surface area (Å²) in [6.07, 6.45) is 0. The molecule has 0 unspecified atom stereocenters. The Morgan fingerprint density at radius 2 is 1.76 bits per heavy atom. The minimum absolute atomic E-state index is 0.0162. The number of carbonyl (C=O) groups is 2. The molecular weight excluding hydrogens is 276 g/mol. The predicted molar refractivity (Wildman–Crippen MR) is 72.3 cm³/mol. The molecule has 7 nitrogen and oxygen atoms in total. The normalized spacial score (nSPS) is 13.4. The first-order valence-corrected chi connectivity index (χ1v) is 5.96. The van der Waals surface area contributed by atoms with Gasteiger partial charge in [-0.1, -0.05) is 12.1 Å². The summed E-state index contributed by atoms with van der Waals surface area (Å²) >= 11 is 0. The molecule has 2 aromatic carbocycles. The van der Waals surface area contributed by atoms with Crippen molar-refractivity contribution in [1.82, 2.24) is 0 Å². The largest absolute Gasteiger partial charge is 0.508 e. The number of nitrogens with zero attached hydrogens (tertiary/aromatic N) is 2. The van der Waals surface area contributed by atoms with Gasteiger partial charge in [0.1, 0.15) is 11.3 Å². The van der Waals surface area contributed by atoms with Gasteiger partial charge in [0.2, 0.25) is 0 Å². The number of anilines is 1. The van der Waals surface area contributed by atoms with Crippen molar-refractivity contribution in [1.29, 1.82) is 0 Å². The van der Waals surface area contributed by atoms with E-state index in [-0.39, 0.29) is 22.6 Å². The Morgan fingerprint density at radius 3 is 2.43 bits per heavy atom. The van der Waals surface area contributed by atoms with Gasteiger partial charge in [-0.3, -0.25) is 19.7 Å². The molecule has 0 saturated heterocycles. The van der Waals surface area contributed by atoms with E-state index in [9.17, 15) is 24.8 Å². The smallest absolute Gasteiger partial charge is 0.283 e. The van der Waals surface area contributed by atoms with E-state index in [0.29, 0.717) is 0 Å². The molecule has 1 heterocycles. The third-order valence-electron chi connectivity index (χ3n) is 3.18. The monoisotopic (exact) mass is 284 g/mol. The molecule has 0 radical (unpaired) electrons. The molecule has 0 saturated carbocycles. The molecule has 1 N–H and O–H groups in total. The Balaban J connectivity index is 2.18. The van der Waals surface area contributed by atoms with Crippen LogP contribution in [0.3, 0.4) is 0 Å². The van der Waals surface area contributed by atoms with Gasteiger partial charge in [0.15, 0.2) is 0 Å². The van der Waals surface area contributed by atoms with Gasteiger partial charge < -0.3 is 5.11 Å². The van der Waals surface area contributed by atoms with E-state index in [2.05, 4.69) is 0 Å². The average molecular weight is 284 g/mol. The minimum atomic E-state index is -0.770. The number of imide groups is 1. The number of hydrogen-bond acceptors (Lipinski definition) is 5. The van der Waals surface area contributed by atoms with Crippen molar-refractivity contribution in [2.45, 2.75) is 0 Å². The molecule has 0 aliphatic carbocycles. The Morgan fingerprint density at radius 1 is 1.05 bits per heavy atom. The van der Waals surface area contributed by atoms with Crippen molar-refractivity contribution >= 4 is 23.2 Å². The molecule has 7 heteroatoms. The lowest BCUT2D eigenvalue weighted by molar-refractivity contribution is -0.385. The third kappa shape index (κ3) is 1.83. The first-order valence-electron chi connectivity index (χ1n) is 5.96. The maximum absolute atomic E-state index is 12.4. The van der Waals surface area contributed by atoms with Crippen LogP contribution in [-0.4, -0.2) is 21.8 Å². The van der Waals surface area contributed by atoms with Crippen molar-refractivity contribution in [2.75, 3.05) is 4.90 Å². The van der Waals surface area contributed by atoms with Gasteiger partial charge in [0.25, 0.3) is 17.5 Å². The highest BCUT2D eigenvalue weighted by atomic mass is 16.6. The van der Waals surface area contributed by atoms with E-state index in [1.807, 2.05) is 0 Å². The van der Waals surface area contributed by atoms with Crippen LogP contribution in [0.25, 0.3) is 0 Å². The summed E-state index contributed by atoms with van der Waals surface area (Å²) in [5.41, 5.74) is -0.489. The molecule has 104 valence electrons. The summed E-state index contributed by atoms with van der Waals surface area (Å²) in [5, 5.41) is 20.4. The number of nitro groups is 1. The molecule has 21 heavy (non-hydrogen) atoms. The zero-order valence-electron chi connectivity index (χ0n) is 10.5. The summed E-state index contributed by atoms with van der Waals surface area (Å²) in [6, 6.07) is 9.48. The summed E-state index contributed by atoms with van der Waals surface area (Å²) in [5.74, 6) is -1.53. The van der Waals surface area contributed by atoms with Crippen LogP contribution in [-0.2, 0) is 0 Å². The van der Waals surface area contributed by atoms with Gasteiger partial charge in [-0.15, -0.1) is 0 Å². The molecule has 2 aromatic rings.